The van der Waals surface area contributed by atoms with E-state index in [0.717, 1.165) is 11.3 Å². The maximum absolute atomic E-state index is 4.18. The summed E-state index contributed by atoms with van der Waals surface area (Å²) in [6.07, 6.45) is 3.69. The van der Waals surface area contributed by atoms with Gasteiger partial charge in [-0.05, 0) is 11.4 Å². The fourth-order valence-electron chi connectivity index (χ4n) is 1.37. The van der Waals surface area contributed by atoms with Gasteiger partial charge in [-0.25, -0.2) is 9.50 Å². The van der Waals surface area contributed by atoms with Crippen molar-refractivity contribution in [2.24, 2.45) is 0 Å². The highest BCUT2D eigenvalue weighted by atomic mass is 32.1. The van der Waals surface area contributed by atoms with E-state index in [9.17, 15) is 0 Å². The molecule has 0 spiro atoms. The Labute approximate surface area is 78.6 Å². The van der Waals surface area contributed by atoms with Gasteiger partial charge in [-0.15, -0.1) is 0 Å². The van der Waals surface area contributed by atoms with Crippen molar-refractivity contribution in [1.82, 2.24) is 14.6 Å². The molecule has 0 saturated carbocycles. The third kappa shape index (κ3) is 0.990. The third-order valence-electron chi connectivity index (χ3n) is 2.02. The van der Waals surface area contributed by atoms with Gasteiger partial charge in [0.25, 0.3) is 0 Å². The van der Waals surface area contributed by atoms with E-state index in [4.69, 9.17) is 0 Å². The Balaban J connectivity index is 2.23. The number of rotatable bonds is 1. The summed E-state index contributed by atoms with van der Waals surface area (Å²) in [6, 6.07) is 4.14. The second-order valence-electron chi connectivity index (χ2n) is 2.84. The van der Waals surface area contributed by atoms with Crippen molar-refractivity contribution in [2.75, 3.05) is 0 Å². The average Bonchev–Trinajstić information content (AvgIpc) is 2.78. The molecule has 3 rings (SSSR count). The first-order valence-corrected chi connectivity index (χ1v) is 4.92. The van der Waals surface area contributed by atoms with Crippen molar-refractivity contribution in [1.29, 1.82) is 0 Å². The Morgan fingerprint density at radius 3 is 3.23 bits per heavy atom. The van der Waals surface area contributed by atoms with E-state index in [1.807, 2.05) is 16.8 Å². The molecular weight excluding hydrogens is 182 g/mol. The van der Waals surface area contributed by atoms with Gasteiger partial charge in [0.05, 0.1) is 5.69 Å². The van der Waals surface area contributed by atoms with Gasteiger partial charge in [-0.2, -0.15) is 11.3 Å². The van der Waals surface area contributed by atoms with Crippen molar-refractivity contribution in [3.8, 4) is 11.3 Å². The topological polar surface area (TPSA) is 33.1 Å². The standard InChI is InChI=1S/C9H7N3S/c1-4-13-6-7(1)8-5-9-10-2-3-12(9)11-8/h1-6,11H. The Hall–Kier alpha value is -1.55. The molecular formula is C9H7N3S. The molecule has 3 aromatic heterocycles. The maximum atomic E-state index is 4.18. The largest absolute Gasteiger partial charge is 0.292 e. The van der Waals surface area contributed by atoms with Crippen LogP contribution in [0.3, 0.4) is 0 Å². The number of hydrogen-bond donors (Lipinski definition) is 1. The van der Waals surface area contributed by atoms with Crippen molar-refractivity contribution >= 4 is 17.0 Å². The Bertz CT molecular complexity index is 489. The summed E-state index contributed by atoms with van der Waals surface area (Å²) in [5.74, 6) is 0. The molecule has 64 valence electrons. The number of hydrogen-bond acceptors (Lipinski definition) is 2. The van der Waals surface area contributed by atoms with E-state index in [1.54, 1.807) is 17.5 Å². The second kappa shape index (κ2) is 2.47. The molecule has 0 aliphatic heterocycles. The molecule has 0 unspecified atom stereocenters. The van der Waals surface area contributed by atoms with Gasteiger partial charge < -0.3 is 0 Å². The molecule has 0 bridgehead atoms. The van der Waals surface area contributed by atoms with Gasteiger partial charge >= 0.3 is 0 Å². The van der Waals surface area contributed by atoms with Crippen LogP contribution in [0.25, 0.3) is 16.9 Å². The molecule has 0 radical (unpaired) electrons. The predicted molar refractivity (Wildman–Crippen MR) is 52.9 cm³/mol. The molecule has 0 amide bonds. The lowest BCUT2D eigenvalue weighted by Gasteiger charge is -1.88. The molecule has 4 heteroatoms. The summed E-state index contributed by atoms with van der Waals surface area (Å²) < 4.78 is 1.91. The number of nitrogens with zero attached hydrogens (tertiary/aromatic N) is 2. The molecule has 0 aromatic carbocycles. The predicted octanol–water partition coefficient (Wildman–Crippen LogP) is 2.39. The fraction of sp³-hybridized carbons (Fsp3) is 0. The molecule has 3 heterocycles. The van der Waals surface area contributed by atoms with Crippen LogP contribution in [0, 0.1) is 0 Å². The molecule has 0 aliphatic rings. The molecule has 3 aromatic rings. The van der Waals surface area contributed by atoms with Crippen LogP contribution in [0.15, 0.2) is 35.3 Å². The van der Waals surface area contributed by atoms with Crippen LogP contribution < -0.4 is 0 Å². The number of imidazole rings is 1. The summed E-state index contributed by atoms with van der Waals surface area (Å²) in [7, 11) is 0. The molecule has 3 nitrogen and oxygen atoms in total. The normalized spacial score (nSPS) is 11.1. The lowest BCUT2D eigenvalue weighted by Crippen LogP contribution is -1.79. The maximum Gasteiger partial charge on any atom is 0.153 e. The van der Waals surface area contributed by atoms with Crippen LogP contribution in [0.4, 0.5) is 0 Å². The molecule has 0 fully saturated rings. The molecule has 0 aliphatic carbocycles. The van der Waals surface area contributed by atoms with Gasteiger partial charge in [0.2, 0.25) is 0 Å². The third-order valence-corrected chi connectivity index (χ3v) is 2.70. The van der Waals surface area contributed by atoms with Crippen molar-refractivity contribution in [3.63, 3.8) is 0 Å². The Morgan fingerprint density at radius 1 is 1.46 bits per heavy atom. The zero-order chi connectivity index (χ0) is 8.67. The number of H-pyrrole nitrogens is 1. The van der Waals surface area contributed by atoms with E-state index in [-0.39, 0.29) is 0 Å². The zero-order valence-corrected chi connectivity index (χ0v) is 7.58. The van der Waals surface area contributed by atoms with Crippen molar-refractivity contribution < 1.29 is 0 Å². The first-order chi connectivity index (χ1) is 6.43. The monoisotopic (exact) mass is 189 g/mol. The van der Waals surface area contributed by atoms with E-state index < -0.39 is 0 Å². The van der Waals surface area contributed by atoms with E-state index in [0.29, 0.717) is 0 Å². The second-order valence-corrected chi connectivity index (χ2v) is 3.62. The van der Waals surface area contributed by atoms with Crippen LogP contribution in [-0.4, -0.2) is 14.6 Å². The van der Waals surface area contributed by atoms with Crippen LogP contribution in [-0.2, 0) is 0 Å². The average molecular weight is 189 g/mol. The lowest BCUT2D eigenvalue weighted by atomic mass is 10.2. The van der Waals surface area contributed by atoms with Crippen LogP contribution in [0.2, 0.25) is 0 Å². The lowest BCUT2D eigenvalue weighted by molar-refractivity contribution is 0.979. The van der Waals surface area contributed by atoms with Crippen molar-refractivity contribution in [2.45, 2.75) is 0 Å². The zero-order valence-electron chi connectivity index (χ0n) is 6.77. The van der Waals surface area contributed by atoms with Crippen LogP contribution >= 0.6 is 11.3 Å². The smallest absolute Gasteiger partial charge is 0.153 e. The van der Waals surface area contributed by atoms with E-state index >= 15 is 0 Å². The van der Waals surface area contributed by atoms with Gasteiger partial charge in [-0.1, -0.05) is 0 Å². The van der Waals surface area contributed by atoms with Crippen LogP contribution in [0.5, 0.6) is 0 Å². The van der Waals surface area contributed by atoms with Crippen LogP contribution in [0.1, 0.15) is 0 Å². The van der Waals surface area contributed by atoms with E-state index in [2.05, 4.69) is 26.9 Å². The summed E-state index contributed by atoms with van der Waals surface area (Å²) in [6.45, 7) is 0. The Morgan fingerprint density at radius 2 is 2.46 bits per heavy atom. The molecule has 13 heavy (non-hydrogen) atoms. The van der Waals surface area contributed by atoms with Gasteiger partial charge in [0.15, 0.2) is 5.65 Å². The van der Waals surface area contributed by atoms with Crippen molar-refractivity contribution in [3.05, 3.63) is 35.3 Å². The highest BCUT2D eigenvalue weighted by molar-refractivity contribution is 7.08. The number of aromatic amines is 1. The molecule has 0 atom stereocenters. The summed E-state index contributed by atoms with van der Waals surface area (Å²) in [5, 5.41) is 7.42. The van der Waals surface area contributed by atoms with Gasteiger partial charge in [0.1, 0.15) is 0 Å². The minimum Gasteiger partial charge on any atom is -0.292 e. The minimum absolute atomic E-state index is 0.959. The first kappa shape index (κ1) is 6.91. The first-order valence-electron chi connectivity index (χ1n) is 3.98. The summed E-state index contributed by atoms with van der Waals surface area (Å²) >= 11 is 1.70. The highest BCUT2D eigenvalue weighted by Gasteiger charge is 2.02. The summed E-state index contributed by atoms with van der Waals surface area (Å²) in [4.78, 5) is 4.18. The highest BCUT2D eigenvalue weighted by Crippen LogP contribution is 2.21. The minimum atomic E-state index is 0.959. The summed E-state index contributed by atoms with van der Waals surface area (Å²) in [5.41, 5.74) is 3.29. The molecule has 0 saturated heterocycles. The van der Waals surface area contributed by atoms with Gasteiger partial charge in [0, 0.05) is 29.4 Å². The number of aromatic nitrogens is 3. The number of nitrogens with one attached hydrogen (secondary N) is 1. The molecule has 1 N–H and O–H groups in total. The SMILES string of the molecule is c1cn2[nH]c(-c3ccsc3)cc2n1. The Kier molecular flexibility index (Phi) is 1.31. The number of thiophene rings is 1. The van der Waals surface area contributed by atoms with Gasteiger partial charge in [-0.3, -0.25) is 5.10 Å². The fourth-order valence-corrected chi connectivity index (χ4v) is 2.03. The number of fused-ring (bicyclic) bond motifs is 1. The van der Waals surface area contributed by atoms with E-state index in [1.165, 1.54) is 5.56 Å². The quantitative estimate of drug-likeness (QED) is 0.626.